The Morgan fingerprint density at radius 2 is 2.00 bits per heavy atom. The van der Waals surface area contributed by atoms with Crippen molar-refractivity contribution >= 4 is 26.8 Å². The molecule has 0 aromatic heterocycles. The Labute approximate surface area is 61.9 Å². The van der Waals surface area contributed by atoms with E-state index in [4.69, 9.17) is 0 Å². The molecule has 0 heterocycles. The molecule has 0 saturated carbocycles. The van der Waals surface area contributed by atoms with Gasteiger partial charge in [0.2, 0.25) is 0 Å². The normalized spacial score (nSPS) is 8.89. The van der Waals surface area contributed by atoms with Gasteiger partial charge in [-0.2, -0.15) is 0 Å². The van der Waals surface area contributed by atoms with E-state index in [2.05, 4.69) is 16.0 Å². The second kappa shape index (κ2) is 2.81. The third kappa shape index (κ3) is 1.41. The molecule has 0 spiro atoms. The summed E-state index contributed by atoms with van der Waals surface area (Å²) in [7, 11) is 0. The summed E-state index contributed by atoms with van der Waals surface area (Å²) in [5, 5.41) is 0. The third-order valence-electron chi connectivity index (χ3n) is 1.05. The average molecular weight is 184 g/mol. The van der Waals surface area contributed by atoms with E-state index in [1.54, 1.807) is 6.07 Å². The average Bonchev–Trinajstić information content (AvgIpc) is 1.89. The molecule has 0 fully saturated rings. The SMILES string of the molecule is O=Cc1ccccc1[Se]. The van der Waals surface area contributed by atoms with Crippen LogP contribution in [0.4, 0.5) is 0 Å². The second-order valence-electron chi connectivity index (χ2n) is 1.66. The number of hydrogen-bond acceptors (Lipinski definition) is 1. The molecule has 1 aromatic rings. The Hall–Kier alpha value is -0.591. The molecule has 1 nitrogen and oxygen atoms in total. The maximum atomic E-state index is 10.2. The molecule has 0 aliphatic carbocycles. The first-order chi connectivity index (χ1) is 4.34. The zero-order chi connectivity index (χ0) is 6.69. The summed E-state index contributed by atoms with van der Waals surface area (Å²) < 4.78 is 0.910. The fourth-order valence-electron chi connectivity index (χ4n) is 0.578. The van der Waals surface area contributed by atoms with Crippen molar-refractivity contribution < 1.29 is 4.79 Å². The molecule has 1 radical (unpaired) electrons. The topological polar surface area (TPSA) is 17.1 Å². The van der Waals surface area contributed by atoms with Crippen LogP contribution in [-0.2, 0) is 0 Å². The molecule has 45 valence electrons. The molecule has 0 atom stereocenters. The van der Waals surface area contributed by atoms with Gasteiger partial charge in [-0.3, -0.25) is 0 Å². The first-order valence-corrected chi connectivity index (χ1v) is 3.41. The van der Waals surface area contributed by atoms with Crippen molar-refractivity contribution in [3.8, 4) is 0 Å². The summed E-state index contributed by atoms with van der Waals surface area (Å²) in [6.45, 7) is 0. The molecule has 0 N–H and O–H groups in total. The van der Waals surface area contributed by atoms with E-state index < -0.39 is 0 Å². The van der Waals surface area contributed by atoms with Gasteiger partial charge in [-0.25, -0.2) is 0 Å². The molecule has 0 saturated heterocycles. The van der Waals surface area contributed by atoms with Crippen molar-refractivity contribution in [2.24, 2.45) is 0 Å². The summed E-state index contributed by atoms with van der Waals surface area (Å²) >= 11 is 2.79. The quantitative estimate of drug-likeness (QED) is 0.453. The van der Waals surface area contributed by atoms with Crippen LogP contribution in [0.2, 0.25) is 0 Å². The number of carbonyl (C=O) groups excluding carboxylic acids is 1. The predicted molar refractivity (Wildman–Crippen MR) is 37.2 cm³/mol. The van der Waals surface area contributed by atoms with Crippen molar-refractivity contribution in [3.63, 3.8) is 0 Å². The molecule has 2 heteroatoms. The van der Waals surface area contributed by atoms with Gasteiger partial charge in [-0.15, -0.1) is 0 Å². The second-order valence-corrected chi connectivity index (χ2v) is 2.58. The van der Waals surface area contributed by atoms with Gasteiger partial charge in [0, 0.05) is 0 Å². The van der Waals surface area contributed by atoms with E-state index in [1.807, 2.05) is 18.2 Å². The molecule has 0 aliphatic heterocycles. The predicted octanol–water partition coefficient (Wildman–Crippen LogP) is 0.293. The zero-order valence-corrected chi connectivity index (χ0v) is 6.42. The zero-order valence-electron chi connectivity index (χ0n) is 4.70. The van der Waals surface area contributed by atoms with Gasteiger partial charge in [0.1, 0.15) is 0 Å². The van der Waals surface area contributed by atoms with Crippen molar-refractivity contribution in [2.45, 2.75) is 0 Å². The molecule has 0 bridgehead atoms. The van der Waals surface area contributed by atoms with E-state index in [1.165, 1.54) is 0 Å². The number of benzene rings is 1. The standard InChI is InChI=1S/C7H5OSe/c8-5-6-3-1-2-4-7(6)9/h1-5H. The van der Waals surface area contributed by atoms with Crippen LogP contribution in [-0.4, -0.2) is 22.3 Å². The molecular weight excluding hydrogens is 179 g/mol. The van der Waals surface area contributed by atoms with E-state index in [0.717, 1.165) is 16.3 Å². The van der Waals surface area contributed by atoms with Gasteiger partial charge < -0.3 is 0 Å². The van der Waals surface area contributed by atoms with Crippen LogP contribution in [0.1, 0.15) is 10.4 Å². The van der Waals surface area contributed by atoms with Gasteiger partial charge >= 0.3 is 61.4 Å². The molecular formula is C7H5OSe. The van der Waals surface area contributed by atoms with Crippen LogP contribution >= 0.6 is 0 Å². The van der Waals surface area contributed by atoms with Crippen LogP contribution in [0.15, 0.2) is 24.3 Å². The van der Waals surface area contributed by atoms with Crippen LogP contribution in [0.5, 0.6) is 0 Å². The molecule has 0 unspecified atom stereocenters. The van der Waals surface area contributed by atoms with Crippen molar-refractivity contribution in [3.05, 3.63) is 29.8 Å². The number of carbonyl (C=O) groups is 1. The van der Waals surface area contributed by atoms with Crippen LogP contribution < -0.4 is 4.46 Å². The molecule has 1 rings (SSSR count). The first-order valence-electron chi connectivity index (χ1n) is 2.56. The summed E-state index contributed by atoms with van der Waals surface area (Å²) in [5.74, 6) is 0. The van der Waals surface area contributed by atoms with Crippen molar-refractivity contribution in [1.29, 1.82) is 0 Å². The van der Waals surface area contributed by atoms with E-state index >= 15 is 0 Å². The minimum atomic E-state index is 0.720. The van der Waals surface area contributed by atoms with E-state index in [9.17, 15) is 4.79 Å². The number of aldehydes is 1. The number of rotatable bonds is 1. The summed E-state index contributed by atoms with van der Waals surface area (Å²) in [6, 6.07) is 7.37. The Kier molecular flexibility index (Phi) is 2.04. The van der Waals surface area contributed by atoms with Crippen molar-refractivity contribution in [2.75, 3.05) is 0 Å². The van der Waals surface area contributed by atoms with E-state index in [-0.39, 0.29) is 0 Å². The molecule has 9 heavy (non-hydrogen) atoms. The third-order valence-corrected chi connectivity index (χ3v) is 1.83. The van der Waals surface area contributed by atoms with Crippen LogP contribution in [0, 0.1) is 0 Å². The van der Waals surface area contributed by atoms with E-state index in [0.29, 0.717) is 0 Å². The van der Waals surface area contributed by atoms with Crippen LogP contribution in [0.25, 0.3) is 0 Å². The molecule has 0 aliphatic rings. The summed E-state index contributed by atoms with van der Waals surface area (Å²) in [4.78, 5) is 10.2. The minimum absolute atomic E-state index is 0.720. The monoisotopic (exact) mass is 185 g/mol. The summed E-state index contributed by atoms with van der Waals surface area (Å²) in [6.07, 6.45) is 0.839. The van der Waals surface area contributed by atoms with Gasteiger partial charge in [0.25, 0.3) is 0 Å². The molecule has 1 aromatic carbocycles. The van der Waals surface area contributed by atoms with Gasteiger partial charge in [-0.1, -0.05) is 0 Å². The first kappa shape index (κ1) is 6.53. The van der Waals surface area contributed by atoms with Crippen molar-refractivity contribution in [1.82, 2.24) is 0 Å². The fourth-order valence-corrected chi connectivity index (χ4v) is 0.986. The fraction of sp³-hybridized carbons (Fsp3) is 0. The number of hydrogen-bond donors (Lipinski definition) is 0. The Morgan fingerprint density at radius 1 is 1.33 bits per heavy atom. The Bertz CT molecular complexity index is 220. The molecule has 0 amide bonds. The van der Waals surface area contributed by atoms with Gasteiger partial charge in [-0.05, 0) is 0 Å². The Morgan fingerprint density at radius 3 is 2.44 bits per heavy atom. The maximum absolute atomic E-state index is 10.2. The van der Waals surface area contributed by atoms with Gasteiger partial charge in [0.05, 0.1) is 0 Å². The van der Waals surface area contributed by atoms with Crippen LogP contribution in [0.3, 0.4) is 0 Å². The van der Waals surface area contributed by atoms with Gasteiger partial charge in [0.15, 0.2) is 0 Å². The summed E-state index contributed by atoms with van der Waals surface area (Å²) in [5.41, 5.74) is 0.720. The Balaban J connectivity index is 3.15.